The van der Waals surface area contributed by atoms with Crippen LogP contribution in [0.1, 0.15) is 24.0 Å². The van der Waals surface area contributed by atoms with Crippen molar-refractivity contribution in [2.75, 3.05) is 23.8 Å². The van der Waals surface area contributed by atoms with Crippen molar-refractivity contribution in [3.05, 3.63) is 59.8 Å². The molecule has 0 saturated carbocycles. The number of nitrogens with zero attached hydrogens (tertiary/aromatic N) is 4. The van der Waals surface area contributed by atoms with Gasteiger partial charge < -0.3 is 22.3 Å². The Bertz CT molecular complexity index is 980. The lowest BCUT2D eigenvalue weighted by Gasteiger charge is -2.22. The third-order valence-electron chi connectivity index (χ3n) is 4.88. The zero-order chi connectivity index (χ0) is 22.4. The minimum absolute atomic E-state index is 0.0257. The number of hydrogen-bond acceptors (Lipinski definition) is 8. The van der Waals surface area contributed by atoms with Crippen molar-refractivity contribution in [1.29, 1.82) is 0 Å². The first-order valence-electron chi connectivity index (χ1n) is 9.63. The van der Waals surface area contributed by atoms with E-state index >= 15 is 0 Å². The van der Waals surface area contributed by atoms with Crippen molar-refractivity contribution in [1.82, 2.24) is 15.7 Å². The van der Waals surface area contributed by atoms with E-state index in [2.05, 4.69) is 32.5 Å². The summed E-state index contributed by atoms with van der Waals surface area (Å²) < 4.78 is 28.3. The van der Waals surface area contributed by atoms with Crippen molar-refractivity contribution in [3.63, 3.8) is 0 Å². The molecule has 164 valence electrons. The van der Waals surface area contributed by atoms with E-state index in [1.807, 2.05) is 0 Å². The van der Waals surface area contributed by atoms with Crippen LogP contribution in [0.25, 0.3) is 5.57 Å². The van der Waals surface area contributed by atoms with Crippen LogP contribution in [0.15, 0.2) is 47.2 Å². The van der Waals surface area contributed by atoms with Crippen LogP contribution in [-0.4, -0.2) is 36.2 Å². The summed E-state index contributed by atoms with van der Waals surface area (Å²) in [6, 6.07) is 5.23. The van der Waals surface area contributed by atoms with E-state index in [1.54, 1.807) is 12.3 Å². The second-order valence-electron chi connectivity index (χ2n) is 6.99. The Morgan fingerprint density at radius 1 is 1.29 bits per heavy atom. The molecule has 8 N–H and O–H groups in total. The molecule has 1 aliphatic heterocycles. The van der Waals surface area contributed by atoms with Crippen LogP contribution in [0.2, 0.25) is 0 Å². The number of rotatable bonds is 6. The molecule has 11 heteroatoms. The van der Waals surface area contributed by atoms with Crippen molar-refractivity contribution in [3.8, 4) is 0 Å². The van der Waals surface area contributed by atoms with E-state index in [0.29, 0.717) is 22.2 Å². The van der Waals surface area contributed by atoms with Gasteiger partial charge in [0, 0.05) is 17.8 Å². The van der Waals surface area contributed by atoms with E-state index in [-0.39, 0.29) is 17.2 Å². The topological polar surface area (TPSA) is 143 Å². The highest BCUT2D eigenvalue weighted by atomic mass is 19.1. The maximum Gasteiger partial charge on any atom is 0.178 e. The number of allylic oxidation sites excluding steroid dienone is 1. The number of hydrazone groups is 2. The minimum Gasteiger partial charge on any atom is -0.383 e. The average molecular weight is 429 g/mol. The van der Waals surface area contributed by atoms with Crippen LogP contribution in [-0.2, 0) is 0 Å². The molecule has 0 bridgehead atoms. The number of amidine groups is 1. The van der Waals surface area contributed by atoms with Gasteiger partial charge in [-0.25, -0.2) is 19.6 Å². The standard InChI is InChI=1S/C20H25F2N9/c1-12(10-28-30-14-5-7-26-8-6-14)13-9-15(19(23)27-11-13)20(29-24)31(25)18-16(21)3-2-4-17(18)22/h2-4,9-11,14,26,30H,1,5-8,24-25H2,(H2,23,27)/b28-10-,29-20-. The number of halogens is 2. The molecule has 2 aromatic rings. The zero-order valence-corrected chi connectivity index (χ0v) is 16.9. The Morgan fingerprint density at radius 3 is 2.61 bits per heavy atom. The van der Waals surface area contributed by atoms with Gasteiger partial charge in [0.2, 0.25) is 0 Å². The number of hydrazine groups is 1. The molecule has 0 spiro atoms. The van der Waals surface area contributed by atoms with E-state index in [0.717, 1.165) is 38.1 Å². The van der Waals surface area contributed by atoms with Gasteiger partial charge in [-0.15, -0.1) is 0 Å². The van der Waals surface area contributed by atoms with Crippen molar-refractivity contribution >= 4 is 29.1 Å². The second-order valence-corrected chi connectivity index (χ2v) is 6.99. The first kappa shape index (κ1) is 22.1. The second kappa shape index (κ2) is 9.96. The van der Waals surface area contributed by atoms with Gasteiger partial charge in [-0.1, -0.05) is 12.6 Å². The summed E-state index contributed by atoms with van der Waals surface area (Å²) in [6.07, 6.45) is 5.02. The van der Waals surface area contributed by atoms with Crippen molar-refractivity contribution < 1.29 is 8.78 Å². The van der Waals surface area contributed by atoms with Crippen LogP contribution < -0.4 is 33.2 Å². The minimum atomic E-state index is -0.883. The molecular weight excluding hydrogens is 404 g/mol. The molecule has 3 rings (SSSR count). The lowest BCUT2D eigenvalue weighted by Crippen LogP contribution is -2.40. The van der Waals surface area contributed by atoms with E-state index in [4.69, 9.17) is 17.4 Å². The van der Waals surface area contributed by atoms with E-state index in [1.165, 1.54) is 12.3 Å². The molecule has 1 aromatic heterocycles. The summed E-state index contributed by atoms with van der Waals surface area (Å²) in [7, 11) is 0. The summed E-state index contributed by atoms with van der Waals surface area (Å²) >= 11 is 0. The first-order valence-corrected chi connectivity index (χ1v) is 9.63. The zero-order valence-electron chi connectivity index (χ0n) is 16.9. The van der Waals surface area contributed by atoms with E-state index in [9.17, 15) is 8.78 Å². The molecule has 2 heterocycles. The van der Waals surface area contributed by atoms with Crippen molar-refractivity contribution in [2.45, 2.75) is 18.9 Å². The Kier molecular flexibility index (Phi) is 7.11. The van der Waals surface area contributed by atoms with Crippen molar-refractivity contribution in [2.24, 2.45) is 21.9 Å². The predicted octanol–water partition coefficient (Wildman–Crippen LogP) is 1.28. The molecule has 0 unspecified atom stereocenters. The summed E-state index contributed by atoms with van der Waals surface area (Å²) in [6.45, 7) is 5.86. The molecule has 1 aliphatic rings. The third-order valence-corrected chi connectivity index (χ3v) is 4.88. The molecular formula is C20H25F2N9. The van der Waals surface area contributed by atoms with Crippen LogP contribution in [0, 0.1) is 11.6 Å². The highest BCUT2D eigenvalue weighted by Gasteiger charge is 2.22. The number of hydrogen-bond donors (Lipinski definition) is 5. The number of nitrogen functional groups attached to an aromatic ring is 1. The van der Waals surface area contributed by atoms with Crippen LogP contribution in [0.4, 0.5) is 20.3 Å². The molecule has 1 saturated heterocycles. The molecule has 0 radical (unpaired) electrons. The summed E-state index contributed by atoms with van der Waals surface area (Å²) in [5.41, 5.74) is 9.81. The van der Waals surface area contributed by atoms with Gasteiger partial charge in [0.25, 0.3) is 0 Å². The van der Waals surface area contributed by atoms with Gasteiger partial charge in [-0.3, -0.25) is 5.01 Å². The Morgan fingerprint density at radius 2 is 1.97 bits per heavy atom. The van der Waals surface area contributed by atoms with Crippen LogP contribution in [0.5, 0.6) is 0 Å². The highest BCUT2D eigenvalue weighted by Crippen LogP contribution is 2.25. The predicted molar refractivity (Wildman–Crippen MR) is 119 cm³/mol. The number of piperidine rings is 1. The smallest absolute Gasteiger partial charge is 0.178 e. The van der Waals surface area contributed by atoms with Gasteiger partial charge in [-0.2, -0.15) is 10.2 Å². The molecule has 0 atom stereocenters. The fourth-order valence-electron chi connectivity index (χ4n) is 3.16. The van der Waals surface area contributed by atoms with Gasteiger partial charge in [0.1, 0.15) is 11.5 Å². The Balaban J connectivity index is 1.82. The number of nitrogens with two attached hydrogens (primary N) is 3. The summed E-state index contributed by atoms with van der Waals surface area (Å²) in [5, 5.41) is 11.8. The molecule has 0 amide bonds. The molecule has 1 aromatic carbocycles. The summed E-state index contributed by atoms with van der Waals surface area (Å²) in [5.74, 6) is 9.50. The summed E-state index contributed by atoms with van der Waals surface area (Å²) in [4.78, 5) is 4.11. The van der Waals surface area contributed by atoms with Gasteiger partial charge in [0.15, 0.2) is 17.5 Å². The Hall–Kier alpha value is -3.57. The monoisotopic (exact) mass is 429 g/mol. The number of para-hydroxylation sites is 1. The maximum atomic E-state index is 14.2. The number of pyridine rings is 1. The van der Waals surface area contributed by atoms with Gasteiger partial charge in [-0.05, 0) is 49.7 Å². The number of nitrogens with one attached hydrogen (secondary N) is 2. The molecule has 1 fully saturated rings. The average Bonchev–Trinajstić information content (AvgIpc) is 2.76. The molecule has 31 heavy (non-hydrogen) atoms. The van der Waals surface area contributed by atoms with E-state index < -0.39 is 17.3 Å². The lowest BCUT2D eigenvalue weighted by atomic mass is 10.1. The largest absolute Gasteiger partial charge is 0.383 e. The number of aromatic nitrogens is 1. The SMILES string of the molecule is C=C(/C=N\NC1CCNCC1)c1cnc(N)c(/C(=N/N)N(N)c2c(F)cccc2F)c1. The first-order chi connectivity index (χ1) is 14.9. The number of anilines is 2. The Labute approximate surface area is 178 Å². The third kappa shape index (κ3) is 5.13. The fourth-order valence-corrected chi connectivity index (χ4v) is 3.16. The maximum absolute atomic E-state index is 14.2. The quantitative estimate of drug-likeness (QED) is 0.201. The van der Waals surface area contributed by atoms with Gasteiger partial charge in [0.05, 0.1) is 11.8 Å². The fraction of sp³-hybridized carbons (Fsp3) is 0.250. The normalized spacial score (nSPS) is 15.3. The number of benzene rings is 1. The van der Waals surface area contributed by atoms with Crippen LogP contribution in [0.3, 0.4) is 0 Å². The highest BCUT2D eigenvalue weighted by molar-refractivity contribution is 6.14. The molecule has 0 aliphatic carbocycles. The van der Waals surface area contributed by atoms with Gasteiger partial charge >= 0.3 is 0 Å². The van der Waals surface area contributed by atoms with Crippen LogP contribution >= 0.6 is 0 Å². The molecule has 9 nitrogen and oxygen atoms in total. The lowest BCUT2D eigenvalue weighted by molar-refractivity contribution is 0.396.